The highest BCUT2D eigenvalue weighted by molar-refractivity contribution is 5.51. The third-order valence-electron chi connectivity index (χ3n) is 1.31. The summed E-state index contributed by atoms with van der Waals surface area (Å²) in [5.74, 6) is 0.492. The molecule has 2 N–H and O–H groups in total. The van der Waals surface area contributed by atoms with Gasteiger partial charge in [-0.1, -0.05) is 0 Å². The summed E-state index contributed by atoms with van der Waals surface area (Å²) in [6, 6.07) is 3.59. The SMILES string of the molecule is CC(C#N)Nc1[nH]ncc1C#N. The Kier molecular flexibility index (Phi) is 2.29. The Balaban J connectivity index is 2.78. The lowest BCUT2D eigenvalue weighted by Crippen LogP contribution is -2.13. The first-order valence-electron chi connectivity index (χ1n) is 3.37. The quantitative estimate of drug-likeness (QED) is 0.664. The largest absolute Gasteiger partial charge is 0.354 e. The van der Waals surface area contributed by atoms with Gasteiger partial charge in [-0.05, 0) is 6.92 Å². The van der Waals surface area contributed by atoms with Crippen molar-refractivity contribution in [1.29, 1.82) is 10.5 Å². The number of nitrogens with zero attached hydrogens (tertiary/aromatic N) is 3. The molecule has 0 bridgehead atoms. The summed E-state index contributed by atoms with van der Waals surface area (Å²) in [5, 5.41) is 26.1. The molecule has 1 rings (SSSR count). The third kappa shape index (κ3) is 1.53. The average molecular weight is 161 g/mol. The third-order valence-corrected chi connectivity index (χ3v) is 1.31. The number of aromatic amines is 1. The highest BCUT2D eigenvalue weighted by atomic mass is 15.2. The molecular formula is C7H7N5. The molecule has 1 heterocycles. The maximum atomic E-state index is 8.56. The smallest absolute Gasteiger partial charge is 0.140 e. The van der Waals surface area contributed by atoms with E-state index in [1.165, 1.54) is 6.20 Å². The lowest BCUT2D eigenvalue weighted by molar-refractivity contribution is 0.976. The van der Waals surface area contributed by atoms with E-state index in [-0.39, 0.29) is 6.04 Å². The molecule has 0 spiro atoms. The van der Waals surface area contributed by atoms with E-state index in [0.29, 0.717) is 11.4 Å². The van der Waals surface area contributed by atoms with Crippen molar-refractivity contribution >= 4 is 5.82 Å². The Bertz CT molecular complexity index is 339. The molecule has 0 saturated heterocycles. The van der Waals surface area contributed by atoms with Crippen LogP contribution in [0.15, 0.2) is 6.20 Å². The van der Waals surface area contributed by atoms with Crippen molar-refractivity contribution in [2.75, 3.05) is 5.32 Å². The highest BCUT2D eigenvalue weighted by Crippen LogP contribution is 2.09. The number of H-pyrrole nitrogens is 1. The van der Waals surface area contributed by atoms with Crippen LogP contribution in [0.3, 0.4) is 0 Å². The molecule has 0 amide bonds. The van der Waals surface area contributed by atoms with Gasteiger partial charge in [0.2, 0.25) is 0 Å². The van der Waals surface area contributed by atoms with Crippen LogP contribution >= 0.6 is 0 Å². The van der Waals surface area contributed by atoms with E-state index >= 15 is 0 Å². The van der Waals surface area contributed by atoms with Gasteiger partial charge in [-0.3, -0.25) is 5.10 Å². The van der Waals surface area contributed by atoms with Gasteiger partial charge in [0, 0.05) is 0 Å². The van der Waals surface area contributed by atoms with Crippen LogP contribution in [-0.2, 0) is 0 Å². The van der Waals surface area contributed by atoms with Crippen molar-refractivity contribution in [2.24, 2.45) is 0 Å². The monoisotopic (exact) mass is 161 g/mol. The molecule has 1 aromatic heterocycles. The van der Waals surface area contributed by atoms with Crippen molar-refractivity contribution in [3.05, 3.63) is 11.8 Å². The maximum Gasteiger partial charge on any atom is 0.140 e. The Morgan fingerprint density at radius 3 is 3.00 bits per heavy atom. The number of nitrogens with one attached hydrogen (secondary N) is 2. The number of aromatic nitrogens is 2. The number of anilines is 1. The van der Waals surface area contributed by atoms with Crippen LogP contribution in [0.4, 0.5) is 5.82 Å². The first-order valence-corrected chi connectivity index (χ1v) is 3.37. The molecule has 1 atom stereocenters. The zero-order valence-corrected chi connectivity index (χ0v) is 6.50. The van der Waals surface area contributed by atoms with E-state index in [1.807, 2.05) is 12.1 Å². The Morgan fingerprint density at radius 2 is 2.42 bits per heavy atom. The summed E-state index contributed by atoms with van der Waals surface area (Å²) in [7, 11) is 0. The molecule has 12 heavy (non-hydrogen) atoms. The Labute approximate surface area is 69.6 Å². The molecule has 0 aliphatic carbocycles. The van der Waals surface area contributed by atoms with Gasteiger partial charge in [-0.2, -0.15) is 15.6 Å². The first kappa shape index (κ1) is 8.09. The van der Waals surface area contributed by atoms with Crippen LogP contribution in [0.1, 0.15) is 12.5 Å². The fourth-order valence-electron chi connectivity index (χ4n) is 0.730. The molecule has 0 saturated carbocycles. The van der Waals surface area contributed by atoms with Crippen molar-refractivity contribution in [1.82, 2.24) is 10.2 Å². The topological polar surface area (TPSA) is 88.3 Å². The van der Waals surface area contributed by atoms with Gasteiger partial charge < -0.3 is 5.32 Å². The minimum Gasteiger partial charge on any atom is -0.354 e. The zero-order chi connectivity index (χ0) is 8.97. The number of hydrogen-bond donors (Lipinski definition) is 2. The maximum absolute atomic E-state index is 8.56. The minimum absolute atomic E-state index is 0.336. The van der Waals surface area contributed by atoms with Gasteiger partial charge in [0.05, 0.1) is 12.3 Å². The van der Waals surface area contributed by atoms with Gasteiger partial charge in [-0.25, -0.2) is 0 Å². The van der Waals surface area contributed by atoms with E-state index in [9.17, 15) is 0 Å². The van der Waals surface area contributed by atoms with Crippen LogP contribution in [0.25, 0.3) is 0 Å². The first-order chi connectivity index (χ1) is 5.77. The number of rotatable bonds is 2. The summed E-state index contributed by atoms with van der Waals surface area (Å²) in [6.07, 6.45) is 1.41. The van der Waals surface area contributed by atoms with E-state index in [4.69, 9.17) is 10.5 Å². The molecule has 0 radical (unpaired) electrons. The Hall–Kier alpha value is -2.01. The second-order valence-electron chi connectivity index (χ2n) is 2.27. The average Bonchev–Trinajstić information content (AvgIpc) is 2.51. The van der Waals surface area contributed by atoms with Crippen LogP contribution in [-0.4, -0.2) is 16.2 Å². The van der Waals surface area contributed by atoms with Gasteiger partial charge in [0.15, 0.2) is 0 Å². The molecule has 0 aliphatic rings. The van der Waals surface area contributed by atoms with E-state index in [0.717, 1.165) is 0 Å². The molecule has 5 nitrogen and oxygen atoms in total. The normalized spacial score (nSPS) is 11.2. The van der Waals surface area contributed by atoms with Crippen LogP contribution < -0.4 is 5.32 Å². The van der Waals surface area contributed by atoms with E-state index in [1.54, 1.807) is 6.92 Å². The van der Waals surface area contributed by atoms with Crippen LogP contribution in [0.2, 0.25) is 0 Å². The summed E-state index contributed by atoms with van der Waals surface area (Å²) >= 11 is 0. The van der Waals surface area contributed by atoms with Crippen LogP contribution in [0, 0.1) is 22.7 Å². The van der Waals surface area contributed by atoms with E-state index in [2.05, 4.69) is 15.5 Å². The van der Waals surface area contributed by atoms with Crippen LogP contribution in [0.5, 0.6) is 0 Å². The fourth-order valence-corrected chi connectivity index (χ4v) is 0.730. The highest BCUT2D eigenvalue weighted by Gasteiger charge is 2.05. The summed E-state index contributed by atoms with van der Waals surface area (Å²) < 4.78 is 0. The van der Waals surface area contributed by atoms with Crippen molar-refractivity contribution < 1.29 is 0 Å². The summed E-state index contributed by atoms with van der Waals surface area (Å²) in [6.45, 7) is 1.70. The minimum atomic E-state index is -0.336. The molecule has 0 aliphatic heterocycles. The van der Waals surface area contributed by atoms with Crippen molar-refractivity contribution in [3.8, 4) is 12.1 Å². The zero-order valence-electron chi connectivity index (χ0n) is 6.50. The second-order valence-corrected chi connectivity index (χ2v) is 2.27. The van der Waals surface area contributed by atoms with Gasteiger partial charge >= 0.3 is 0 Å². The molecule has 1 unspecified atom stereocenters. The summed E-state index contributed by atoms with van der Waals surface area (Å²) in [4.78, 5) is 0. The molecule has 0 aromatic carbocycles. The van der Waals surface area contributed by atoms with Gasteiger partial charge in [0.1, 0.15) is 23.5 Å². The molecular weight excluding hydrogens is 154 g/mol. The lowest BCUT2D eigenvalue weighted by atomic mass is 10.3. The predicted molar refractivity (Wildman–Crippen MR) is 42.0 cm³/mol. The number of nitriles is 2. The fraction of sp³-hybridized carbons (Fsp3) is 0.286. The standard InChI is InChI=1S/C7H7N5/c1-5(2-8)11-7-6(3-9)4-10-12-7/h4-5H,1H3,(H2,10,11,12). The molecule has 1 aromatic rings. The second kappa shape index (κ2) is 3.40. The number of hydrogen-bond acceptors (Lipinski definition) is 4. The van der Waals surface area contributed by atoms with E-state index < -0.39 is 0 Å². The predicted octanol–water partition coefficient (Wildman–Crippen LogP) is 0.605. The van der Waals surface area contributed by atoms with Gasteiger partial charge in [0.25, 0.3) is 0 Å². The molecule has 60 valence electrons. The van der Waals surface area contributed by atoms with Gasteiger partial charge in [-0.15, -0.1) is 0 Å². The van der Waals surface area contributed by atoms with Crippen molar-refractivity contribution in [2.45, 2.75) is 13.0 Å². The lowest BCUT2D eigenvalue weighted by Gasteiger charge is -2.03. The van der Waals surface area contributed by atoms with Crippen molar-refractivity contribution in [3.63, 3.8) is 0 Å². The summed E-state index contributed by atoms with van der Waals surface area (Å²) in [5.41, 5.74) is 0.414. The molecule has 0 fully saturated rings. The Morgan fingerprint density at radius 1 is 1.67 bits per heavy atom. The molecule has 5 heteroatoms.